The van der Waals surface area contributed by atoms with Gasteiger partial charge in [0.2, 0.25) is 0 Å². The molecule has 0 bridgehead atoms. The Balaban J connectivity index is 1.87. The minimum atomic E-state index is -0.902. The van der Waals surface area contributed by atoms with Crippen molar-refractivity contribution in [3.63, 3.8) is 0 Å². The van der Waals surface area contributed by atoms with E-state index in [-0.39, 0.29) is 0 Å². The van der Waals surface area contributed by atoms with Crippen LogP contribution >= 0.6 is 34.7 Å². The molecule has 0 saturated carbocycles. The fourth-order valence-electron chi connectivity index (χ4n) is 2.07. The molecular weight excluding hydrogens is 324 g/mol. The van der Waals surface area contributed by atoms with Crippen LogP contribution in [-0.4, -0.2) is 11.1 Å². The van der Waals surface area contributed by atoms with Crippen LogP contribution in [0.3, 0.4) is 0 Å². The lowest BCUT2D eigenvalue weighted by Gasteiger charge is -2.04. The minimum Gasteiger partial charge on any atom is -0.478 e. The van der Waals surface area contributed by atoms with Crippen molar-refractivity contribution in [3.8, 4) is 0 Å². The van der Waals surface area contributed by atoms with Crippen molar-refractivity contribution in [1.29, 1.82) is 0 Å². The molecular formula is C16H11ClO2S2. The summed E-state index contributed by atoms with van der Waals surface area (Å²) in [4.78, 5) is 13.0. The number of benzene rings is 2. The Morgan fingerprint density at radius 2 is 1.86 bits per heavy atom. The highest BCUT2D eigenvalue weighted by molar-refractivity contribution is 7.98. The summed E-state index contributed by atoms with van der Waals surface area (Å²) >= 11 is 9.57. The molecule has 0 aliphatic carbocycles. The molecule has 0 atom stereocenters. The number of halogens is 1. The molecule has 0 aliphatic rings. The van der Waals surface area contributed by atoms with E-state index in [0.29, 0.717) is 11.3 Å². The molecule has 0 saturated heterocycles. The second-order valence-corrected chi connectivity index (χ2v) is 6.96. The van der Waals surface area contributed by atoms with Gasteiger partial charge >= 0.3 is 5.97 Å². The van der Waals surface area contributed by atoms with Crippen molar-refractivity contribution in [3.05, 3.63) is 64.0 Å². The van der Waals surface area contributed by atoms with Crippen molar-refractivity contribution < 1.29 is 9.90 Å². The molecule has 3 rings (SSSR count). The van der Waals surface area contributed by atoms with Crippen LogP contribution in [0.4, 0.5) is 0 Å². The highest BCUT2D eigenvalue weighted by atomic mass is 35.5. The summed E-state index contributed by atoms with van der Waals surface area (Å²) in [5.74, 6) is -0.233. The first-order valence-corrected chi connectivity index (χ1v) is 8.46. The first kappa shape index (κ1) is 14.4. The molecule has 1 aromatic heterocycles. The van der Waals surface area contributed by atoms with Gasteiger partial charge in [-0.05, 0) is 18.2 Å². The number of hydrogen-bond donors (Lipinski definition) is 1. The predicted molar refractivity (Wildman–Crippen MR) is 89.8 cm³/mol. The fourth-order valence-corrected chi connectivity index (χ4v) is 4.77. The van der Waals surface area contributed by atoms with Crippen molar-refractivity contribution in [2.45, 2.75) is 10.6 Å². The Morgan fingerprint density at radius 1 is 1.14 bits per heavy atom. The summed E-state index contributed by atoms with van der Waals surface area (Å²) in [5.41, 5.74) is 0.333. The maximum Gasteiger partial charge on any atom is 0.336 e. The van der Waals surface area contributed by atoms with Gasteiger partial charge in [-0.25, -0.2) is 4.79 Å². The third kappa shape index (κ3) is 2.93. The zero-order valence-corrected chi connectivity index (χ0v) is 13.3. The van der Waals surface area contributed by atoms with Crippen molar-refractivity contribution in [1.82, 2.24) is 0 Å². The van der Waals surface area contributed by atoms with Gasteiger partial charge in [-0.3, -0.25) is 0 Å². The first-order chi connectivity index (χ1) is 10.2. The van der Waals surface area contributed by atoms with E-state index in [4.69, 9.17) is 11.6 Å². The predicted octanol–water partition coefficient (Wildman–Crippen LogP) is 5.55. The van der Waals surface area contributed by atoms with Crippen LogP contribution in [0, 0.1) is 0 Å². The summed E-state index contributed by atoms with van der Waals surface area (Å²) in [7, 11) is 0. The van der Waals surface area contributed by atoms with E-state index in [9.17, 15) is 9.90 Å². The lowest BCUT2D eigenvalue weighted by molar-refractivity contribution is 0.0693. The Labute approximate surface area is 135 Å². The number of aromatic carboxylic acids is 1. The largest absolute Gasteiger partial charge is 0.478 e. The zero-order chi connectivity index (χ0) is 14.8. The second-order valence-electron chi connectivity index (χ2n) is 4.43. The third-order valence-electron chi connectivity index (χ3n) is 3.08. The Bertz CT molecular complexity index is 811. The molecule has 3 aromatic rings. The normalized spacial score (nSPS) is 10.9. The van der Waals surface area contributed by atoms with Crippen LogP contribution in [0.25, 0.3) is 10.1 Å². The van der Waals surface area contributed by atoms with E-state index in [1.807, 2.05) is 36.4 Å². The number of rotatable bonds is 4. The molecule has 0 fully saturated rings. The third-order valence-corrected chi connectivity index (χ3v) is 6.08. The molecule has 0 spiro atoms. The molecule has 0 aliphatic heterocycles. The van der Waals surface area contributed by atoms with Gasteiger partial charge in [0.15, 0.2) is 0 Å². The van der Waals surface area contributed by atoms with Gasteiger partial charge in [0.25, 0.3) is 0 Å². The number of carboxylic acid groups (broad SMARTS) is 1. The molecule has 0 amide bonds. The maximum atomic E-state index is 11.2. The minimum absolute atomic E-state index is 0.333. The zero-order valence-electron chi connectivity index (χ0n) is 10.9. The lowest BCUT2D eigenvalue weighted by atomic mass is 10.2. The number of hydrogen-bond acceptors (Lipinski definition) is 3. The van der Waals surface area contributed by atoms with Crippen LogP contribution in [-0.2, 0) is 5.75 Å². The molecule has 2 aromatic carbocycles. The molecule has 106 valence electrons. The average molecular weight is 335 g/mol. The van der Waals surface area contributed by atoms with Crippen LogP contribution in [0.15, 0.2) is 53.4 Å². The van der Waals surface area contributed by atoms with Gasteiger partial charge in [-0.15, -0.1) is 23.1 Å². The summed E-state index contributed by atoms with van der Waals surface area (Å²) in [5, 5.41) is 11.0. The quantitative estimate of drug-likeness (QED) is 0.636. The number of carbonyl (C=O) groups is 1. The monoisotopic (exact) mass is 334 g/mol. The van der Waals surface area contributed by atoms with E-state index < -0.39 is 5.97 Å². The van der Waals surface area contributed by atoms with E-state index in [1.165, 1.54) is 11.8 Å². The van der Waals surface area contributed by atoms with Crippen molar-refractivity contribution in [2.75, 3.05) is 0 Å². The Kier molecular flexibility index (Phi) is 4.19. The molecule has 1 N–H and O–H groups in total. The highest BCUT2D eigenvalue weighted by Gasteiger charge is 2.13. The lowest BCUT2D eigenvalue weighted by Crippen LogP contribution is -1.98. The summed E-state index contributed by atoms with van der Waals surface area (Å²) in [6, 6.07) is 15.1. The van der Waals surface area contributed by atoms with Crippen LogP contribution < -0.4 is 0 Å². The van der Waals surface area contributed by atoms with Gasteiger partial charge in [-0.1, -0.05) is 41.9 Å². The molecule has 1 heterocycles. The smallest absolute Gasteiger partial charge is 0.336 e. The van der Waals surface area contributed by atoms with E-state index in [2.05, 4.69) is 0 Å². The average Bonchev–Trinajstić information content (AvgIpc) is 2.82. The Hall–Kier alpha value is -1.49. The molecule has 5 heteroatoms. The van der Waals surface area contributed by atoms with Crippen LogP contribution in [0.2, 0.25) is 5.02 Å². The van der Waals surface area contributed by atoms with E-state index >= 15 is 0 Å². The van der Waals surface area contributed by atoms with Gasteiger partial charge in [0.05, 0.1) is 10.6 Å². The van der Waals surface area contributed by atoms with Gasteiger partial charge in [0, 0.05) is 25.6 Å². The van der Waals surface area contributed by atoms with Gasteiger partial charge < -0.3 is 5.11 Å². The van der Waals surface area contributed by atoms with Crippen LogP contribution in [0.1, 0.15) is 15.2 Å². The fraction of sp³-hybridized carbons (Fsp3) is 0.0625. The molecule has 21 heavy (non-hydrogen) atoms. The summed E-state index contributed by atoms with van der Waals surface area (Å²) in [6.07, 6.45) is 0. The van der Waals surface area contributed by atoms with Crippen molar-refractivity contribution >= 4 is 50.8 Å². The number of carboxylic acids is 1. The summed E-state index contributed by atoms with van der Waals surface area (Å²) < 4.78 is 1.16. The van der Waals surface area contributed by atoms with Gasteiger partial charge in [0.1, 0.15) is 0 Å². The standard InChI is InChI=1S/C16H11ClO2S2/c17-15-10-5-1-4-8-13(10)21-14(15)9-20-12-7-3-2-6-11(12)16(18)19/h1-8H,9H2,(H,18,19). The first-order valence-electron chi connectivity index (χ1n) is 6.28. The second kappa shape index (κ2) is 6.10. The molecule has 0 radical (unpaired) electrons. The molecule has 0 unspecified atom stereocenters. The van der Waals surface area contributed by atoms with E-state index in [0.717, 1.165) is 24.9 Å². The highest BCUT2D eigenvalue weighted by Crippen LogP contribution is 2.39. The topological polar surface area (TPSA) is 37.3 Å². The SMILES string of the molecule is O=C(O)c1ccccc1SCc1sc2ccccc2c1Cl. The number of fused-ring (bicyclic) bond motifs is 1. The summed E-state index contributed by atoms with van der Waals surface area (Å²) in [6.45, 7) is 0. The van der Waals surface area contributed by atoms with E-state index in [1.54, 1.807) is 23.5 Å². The Morgan fingerprint density at radius 3 is 2.62 bits per heavy atom. The molecule has 2 nitrogen and oxygen atoms in total. The van der Waals surface area contributed by atoms with Crippen molar-refractivity contribution in [2.24, 2.45) is 0 Å². The number of thioether (sulfide) groups is 1. The number of thiophene rings is 1. The maximum absolute atomic E-state index is 11.2. The van der Waals surface area contributed by atoms with Crippen LogP contribution in [0.5, 0.6) is 0 Å². The van der Waals surface area contributed by atoms with Gasteiger partial charge in [-0.2, -0.15) is 0 Å².